The van der Waals surface area contributed by atoms with Gasteiger partial charge in [0.05, 0.1) is 6.04 Å². The van der Waals surface area contributed by atoms with Crippen molar-refractivity contribution in [3.05, 3.63) is 192 Å². The van der Waals surface area contributed by atoms with Crippen LogP contribution in [0.2, 0.25) is 0 Å². The van der Waals surface area contributed by atoms with Crippen molar-refractivity contribution in [3.63, 3.8) is 0 Å². The van der Waals surface area contributed by atoms with Gasteiger partial charge in [-0.3, -0.25) is 0 Å². The molecule has 3 heteroatoms. The van der Waals surface area contributed by atoms with Crippen LogP contribution in [0.4, 0.5) is 5.69 Å². The number of para-hydroxylation sites is 1. The molecule has 3 nitrogen and oxygen atoms in total. The van der Waals surface area contributed by atoms with E-state index in [2.05, 4.69) is 177 Å². The highest BCUT2D eigenvalue weighted by molar-refractivity contribution is 5.91. The normalized spacial score (nSPS) is 15.5. The maximum absolute atomic E-state index is 6.77. The molecule has 6 aromatic carbocycles. The second-order valence-corrected chi connectivity index (χ2v) is 14.0. The van der Waals surface area contributed by atoms with Gasteiger partial charge in [-0.25, -0.2) is 0 Å². The number of benzene rings is 6. The zero-order valence-electron chi connectivity index (χ0n) is 30.3. The SMILES string of the molecule is C#CC.C=C/C=C\Cc1cccc(N2C(c3cccc(-c4cccc5c4Oc4ccc6c(c4O5)-c4ccccc4C6(C)C)c3)=CC2c2ccccc2)c1. The Hall–Kier alpha value is -6.50. The predicted molar refractivity (Wildman–Crippen MR) is 220 cm³/mol. The van der Waals surface area contributed by atoms with Crippen LogP contribution >= 0.6 is 0 Å². The molecule has 2 heterocycles. The van der Waals surface area contributed by atoms with Gasteiger partial charge in [-0.15, -0.1) is 12.3 Å². The lowest BCUT2D eigenvalue weighted by Gasteiger charge is -2.43. The molecule has 0 fully saturated rings. The predicted octanol–water partition coefficient (Wildman–Crippen LogP) is 13.1. The summed E-state index contributed by atoms with van der Waals surface area (Å²) in [6.45, 7) is 10.0. The molecule has 2 aliphatic heterocycles. The molecule has 53 heavy (non-hydrogen) atoms. The molecule has 0 N–H and O–H groups in total. The molecule has 1 aliphatic carbocycles. The molecule has 6 aromatic rings. The first kappa shape index (κ1) is 33.6. The summed E-state index contributed by atoms with van der Waals surface area (Å²) in [4.78, 5) is 2.45. The van der Waals surface area contributed by atoms with Gasteiger partial charge < -0.3 is 14.4 Å². The third-order valence-corrected chi connectivity index (χ3v) is 10.3. The lowest BCUT2D eigenvalue weighted by atomic mass is 9.82. The van der Waals surface area contributed by atoms with Crippen LogP contribution in [0.1, 0.15) is 54.6 Å². The van der Waals surface area contributed by atoms with E-state index in [4.69, 9.17) is 9.47 Å². The smallest absolute Gasteiger partial charge is 0.178 e. The monoisotopic (exact) mass is 687 g/mol. The largest absolute Gasteiger partial charge is 0.449 e. The van der Waals surface area contributed by atoms with Crippen molar-refractivity contribution in [2.24, 2.45) is 0 Å². The topological polar surface area (TPSA) is 21.7 Å². The quantitative estimate of drug-likeness (QED) is 0.123. The minimum Gasteiger partial charge on any atom is -0.449 e. The van der Waals surface area contributed by atoms with E-state index in [-0.39, 0.29) is 11.5 Å². The zero-order valence-corrected chi connectivity index (χ0v) is 30.3. The summed E-state index contributed by atoms with van der Waals surface area (Å²) in [6, 6.07) is 47.6. The van der Waals surface area contributed by atoms with E-state index in [1.807, 2.05) is 18.2 Å². The van der Waals surface area contributed by atoms with E-state index < -0.39 is 0 Å². The summed E-state index contributed by atoms with van der Waals surface area (Å²) in [5.41, 5.74) is 12.9. The van der Waals surface area contributed by atoms with E-state index in [0.29, 0.717) is 0 Å². The van der Waals surface area contributed by atoms with E-state index in [9.17, 15) is 0 Å². The minimum absolute atomic E-state index is 0.111. The molecule has 258 valence electrons. The molecule has 0 aromatic heterocycles. The number of anilines is 1. The number of hydrogen-bond acceptors (Lipinski definition) is 3. The Balaban J connectivity index is 0.00000129. The molecule has 1 atom stereocenters. The van der Waals surface area contributed by atoms with Crippen molar-refractivity contribution in [3.8, 4) is 57.6 Å². The highest BCUT2D eigenvalue weighted by atomic mass is 16.6. The van der Waals surface area contributed by atoms with Crippen molar-refractivity contribution in [1.29, 1.82) is 0 Å². The number of nitrogens with zero attached hydrogens (tertiary/aromatic N) is 1. The average molecular weight is 688 g/mol. The van der Waals surface area contributed by atoms with Gasteiger partial charge in [0.1, 0.15) is 0 Å². The number of ether oxygens (including phenoxy) is 2. The van der Waals surface area contributed by atoms with Gasteiger partial charge in [0, 0.05) is 27.9 Å². The van der Waals surface area contributed by atoms with E-state index in [1.165, 1.54) is 39.2 Å². The molecule has 9 rings (SSSR count). The Bertz CT molecular complexity index is 2460. The average Bonchev–Trinajstić information content (AvgIpc) is 3.41. The molecule has 1 unspecified atom stereocenters. The van der Waals surface area contributed by atoms with Crippen molar-refractivity contribution in [1.82, 2.24) is 0 Å². The number of terminal acetylenes is 1. The summed E-state index contributed by atoms with van der Waals surface area (Å²) in [5, 5.41) is 0. The summed E-state index contributed by atoms with van der Waals surface area (Å²) < 4.78 is 13.5. The van der Waals surface area contributed by atoms with Gasteiger partial charge >= 0.3 is 0 Å². The highest BCUT2D eigenvalue weighted by Crippen LogP contribution is 2.59. The minimum atomic E-state index is -0.111. The van der Waals surface area contributed by atoms with Crippen LogP contribution in [0.5, 0.6) is 23.0 Å². The first-order valence-electron chi connectivity index (χ1n) is 18.1. The lowest BCUT2D eigenvalue weighted by Crippen LogP contribution is -2.34. The Morgan fingerprint density at radius 2 is 1.43 bits per heavy atom. The second-order valence-electron chi connectivity index (χ2n) is 14.0. The summed E-state index contributed by atoms with van der Waals surface area (Å²) in [7, 11) is 0. The third-order valence-electron chi connectivity index (χ3n) is 10.3. The first-order chi connectivity index (χ1) is 25.9. The Morgan fingerprint density at radius 3 is 2.26 bits per heavy atom. The van der Waals surface area contributed by atoms with Crippen LogP contribution in [-0.2, 0) is 11.8 Å². The first-order valence-corrected chi connectivity index (χ1v) is 18.1. The maximum Gasteiger partial charge on any atom is 0.178 e. The third kappa shape index (κ3) is 5.93. The number of hydrogen-bond donors (Lipinski definition) is 0. The van der Waals surface area contributed by atoms with Gasteiger partial charge in [0.2, 0.25) is 0 Å². The Kier molecular flexibility index (Phi) is 8.82. The molecule has 0 saturated heterocycles. The van der Waals surface area contributed by atoms with Gasteiger partial charge in [-0.05, 0) is 88.7 Å². The molecule has 0 radical (unpaired) electrons. The Morgan fingerprint density at radius 1 is 0.736 bits per heavy atom. The maximum atomic E-state index is 6.77. The molecule has 0 amide bonds. The van der Waals surface area contributed by atoms with Crippen LogP contribution < -0.4 is 14.4 Å². The molecule has 0 bridgehead atoms. The van der Waals surface area contributed by atoms with Crippen molar-refractivity contribution < 1.29 is 9.47 Å². The van der Waals surface area contributed by atoms with Crippen LogP contribution in [0.15, 0.2) is 164 Å². The van der Waals surface area contributed by atoms with Gasteiger partial charge in [0.25, 0.3) is 0 Å². The molecule has 0 spiro atoms. The highest BCUT2D eigenvalue weighted by Gasteiger charge is 2.40. The number of rotatable bonds is 7. The lowest BCUT2D eigenvalue weighted by molar-refractivity contribution is 0.361. The fraction of sp³-hybridized carbons (Fsp3) is 0.120. The van der Waals surface area contributed by atoms with Gasteiger partial charge in [0.15, 0.2) is 23.0 Å². The fourth-order valence-electron chi connectivity index (χ4n) is 7.86. The second kappa shape index (κ2) is 13.9. The summed E-state index contributed by atoms with van der Waals surface area (Å²) in [6.07, 6.45) is 13.8. The zero-order chi connectivity index (χ0) is 36.5. The van der Waals surface area contributed by atoms with Crippen molar-refractivity contribution in [2.45, 2.75) is 38.6 Å². The van der Waals surface area contributed by atoms with Crippen LogP contribution in [0, 0.1) is 12.3 Å². The molecular weight excluding hydrogens is 647 g/mol. The van der Waals surface area contributed by atoms with E-state index in [1.54, 1.807) is 6.92 Å². The van der Waals surface area contributed by atoms with Crippen molar-refractivity contribution in [2.75, 3.05) is 4.90 Å². The molecule has 0 saturated carbocycles. The Labute approximate surface area is 313 Å². The summed E-state index contributed by atoms with van der Waals surface area (Å²) >= 11 is 0. The van der Waals surface area contributed by atoms with E-state index >= 15 is 0 Å². The number of fused-ring (bicyclic) bond motifs is 6. The number of allylic oxidation sites excluding steroid dienone is 3. The standard InChI is InChI=1S/C47H37NO2.C3H4/c1-4-5-7-15-31-16-12-21-35(28-31)48-40(32-17-8-6-9-18-32)30-41(48)34-20-13-19-33(29-34)36-23-14-25-42-45(36)49-43-27-26-39-44(46(43)50-42)37-22-10-11-24-38(37)47(39,2)3;1-3-2/h4-14,16-30,40H,1,15H2,2-3H3;1H,2H3/b7-5-;. The van der Waals surface area contributed by atoms with Gasteiger partial charge in [-0.1, -0.05) is 142 Å². The van der Waals surface area contributed by atoms with E-state index in [0.717, 1.165) is 51.7 Å². The van der Waals surface area contributed by atoms with Crippen LogP contribution in [-0.4, -0.2) is 0 Å². The fourth-order valence-corrected chi connectivity index (χ4v) is 7.86. The molecule has 3 aliphatic rings. The van der Waals surface area contributed by atoms with Crippen LogP contribution in [0.3, 0.4) is 0 Å². The van der Waals surface area contributed by atoms with Gasteiger partial charge in [-0.2, -0.15) is 0 Å². The van der Waals surface area contributed by atoms with Crippen molar-refractivity contribution >= 4 is 11.4 Å². The molecular formula is C50H41NO2. The van der Waals surface area contributed by atoms with Crippen LogP contribution in [0.25, 0.3) is 28.0 Å². The summed E-state index contributed by atoms with van der Waals surface area (Å²) in [5.74, 6) is 5.26.